The lowest BCUT2D eigenvalue weighted by Crippen LogP contribution is -2.63. The van der Waals surface area contributed by atoms with E-state index in [2.05, 4.69) is 11.8 Å². The van der Waals surface area contributed by atoms with Gasteiger partial charge in [0.05, 0.1) is 0 Å². The highest BCUT2D eigenvalue weighted by Crippen LogP contribution is 2.54. The average Bonchev–Trinajstić information content (AvgIpc) is 2.66. The highest BCUT2D eigenvalue weighted by molar-refractivity contribution is 7.99. The van der Waals surface area contributed by atoms with Gasteiger partial charge in [0.25, 0.3) is 0 Å². The predicted molar refractivity (Wildman–Crippen MR) is 98.7 cm³/mol. The van der Waals surface area contributed by atoms with E-state index in [1.165, 1.54) is 44.9 Å². The number of ketones is 1. The van der Waals surface area contributed by atoms with Gasteiger partial charge in [-0.2, -0.15) is 59.7 Å². The van der Waals surface area contributed by atoms with Gasteiger partial charge in [0.1, 0.15) is 5.78 Å². The quantitative estimate of drug-likeness (QED) is 0.334. The molecule has 0 amide bonds. The second-order valence-corrected chi connectivity index (χ2v) is 10.4. The number of carbonyl (C=O) groups is 1. The van der Waals surface area contributed by atoms with E-state index in [9.17, 15) is 52.7 Å². The summed E-state index contributed by atoms with van der Waals surface area (Å²) in [6.45, 7) is 0. The lowest BCUT2D eigenvalue weighted by molar-refractivity contribution is -0.382. The van der Waals surface area contributed by atoms with Crippen molar-refractivity contribution in [2.45, 2.75) is 86.3 Å². The number of hydrogen-bond acceptors (Lipinski definition) is 4. The van der Waals surface area contributed by atoms with Crippen LogP contribution < -0.4 is 0 Å². The average molecular weight is 526 g/mol. The van der Waals surface area contributed by atoms with Crippen molar-refractivity contribution in [3.05, 3.63) is 0 Å². The van der Waals surface area contributed by atoms with Crippen LogP contribution >= 0.6 is 11.8 Å². The molecule has 0 saturated heterocycles. The maximum Gasteiger partial charge on any atom is 0.460 e. The largest absolute Gasteiger partial charge is 0.460 e. The first-order valence-corrected chi connectivity index (χ1v) is 12.2. The number of alkyl halides is 9. The molecule has 0 aromatic carbocycles. The van der Waals surface area contributed by atoms with Gasteiger partial charge >= 0.3 is 33.4 Å². The normalized spacial score (nSPS) is 22.3. The van der Waals surface area contributed by atoms with E-state index in [0.29, 0.717) is 11.7 Å². The van der Waals surface area contributed by atoms with E-state index in [-0.39, 0.29) is 0 Å². The standard InChI is InChI=1S/C13H22OS.C4HF9O3S/c14-13-9-5-4-6-11(13)10-15-12-7-2-1-3-8-12;5-1(6,3(9,10)11)2(7,8)4(12,13)17(14,15)16/h11-12H,1-10H2;(H,14,15,16). The third kappa shape index (κ3) is 6.67. The third-order valence-electron chi connectivity index (χ3n) is 5.21. The molecule has 0 radical (unpaired) electrons. The molecule has 1 unspecified atom stereocenters. The summed E-state index contributed by atoms with van der Waals surface area (Å²) in [7, 11) is -7.17. The third-order valence-corrected chi connectivity index (χ3v) is 7.65. The Kier molecular flexibility index (Phi) is 9.81. The van der Waals surface area contributed by atoms with Gasteiger partial charge in [0, 0.05) is 23.3 Å². The summed E-state index contributed by atoms with van der Waals surface area (Å²) in [6.07, 6.45) is 4.35. The van der Waals surface area contributed by atoms with Gasteiger partial charge in [0.2, 0.25) is 0 Å². The van der Waals surface area contributed by atoms with Gasteiger partial charge in [-0.1, -0.05) is 25.7 Å². The fourth-order valence-corrected chi connectivity index (χ4v) is 5.21. The van der Waals surface area contributed by atoms with Crippen molar-refractivity contribution >= 4 is 27.7 Å². The van der Waals surface area contributed by atoms with Crippen molar-refractivity contribution in [3.63, 3.8) is 0 Å². The molecule has 2 rings (SSSR count). The minimum atomic E-state index is -7.37. The summed E-state index contributed by atoms with van der Waals surface area (Å²) in [5, 5.41) is -6.13. The van der Waals surface area contributed by atoms with Crippen LogP contribution in [-0.4, -0.2) is 53.0 Å². The minimum Gasteiger partial charge on any atom is -0.299 e. The van der Waals surface area contributed by atoms with Crippen molar-refractivity contribution in [1.82, 2.24) is 0 Å². The number of hydrogen-bond donors (Lipinski definition) is 1. The second-order valence-electron chi connectivity index (χ2n) is 7.64. The van der Waals surface area contributed by atoms with Crippen LogP contribution in [0.2, 0.25) is 0 Å². The van der Waals surface area contributed by atoms with Crippen molar-refractivity contribution in [2.75, 3.05) is 5.75 Å². The fraction of sp³-hybridized carbons (Fsp3) is 0.941. The summed E-state index contributed by atoms with van der Waals surface area (Å²) in [5.41, 5.74) is 0. The molecule has 2 fully saturated rings. The van der Waals surface area contributed by atoms with Crippen molar-refractivity contribution in [1.29, 1.82) is 0 Å². The molecule has 2 aliphatic carbocycles. The van der Waals surface area contributed by atoms with E-state index in [1.807, 2.05) is 0 Å². The van der Waals surface area contributed by atoms with Gasteiger partial charge < -0.3 is 0 Å². The Labute approximate surface area is 183 Å². The minimum absolute atomic E-state index is 0.408. The van der Waals surface area contributed by atoms with Crippen LogP contribution in [0.4, 0.5) is 39.5 Å². The molecule has 0 spiro atoms. The number of carbonyl (C=O) groups excluding carboxylic acids is 1. The summed E-state index contributed by atoms with van der Waals surface area (Å²) in [5.74, 6) is -12.6. The van der Waals surface area contributed by atoms with Gasteiger partial charge in [-0.3, -0.25) is 9.35 Å². The molecule has 0 aromatic heterocycles. The van der Waals surface area contributed by atoms with Crippen LogP contribution in [0.5, 0.6) is 0 Å². The summed E-state index contributed by atoms with van der Waals surface area (Å²) >= 11 is 2.09. The summed E-state index contributed by atoms with van der Waals surface area (Å²) in [6, 6.07) is 0. The zero-order valence-corrected chi connectivity index (χ0v) is 18.2. The lowest BCUT2D eigenvalue weighted by Gasteiger charge is -2.31. The predicted octanol–water partition coefficient (Wildman–Crippen LogP) is 6.11. The van der Waals surface area contributed by atoms with Crippen LogP contribution in [0.1, 0.15) is 57.8 Å². The van der Waals surface area contributed by atoms with Crippen LogP contribution in [0.25, 0.3) is 0 Å². The van der Waals surface area contributed by atoms with Crippen molar-refractivity contribution in [3.8, 4) is 0 Å². The number of thioether (sulfide) groups is 1. The van der Waals surface area contributed by atoms with E-state index in [4.69, 9.17) is 4.55 Å². The molecule has 2 aliphatic rings. The Morgan fingerprint density at radius 2 is 1.31 bits per heavy atom. The van der Waals surface area contributed by atoms with Gasteiger partial charge in [-0.05, 0) is 25.7 Å². The highest BCUT2D eigenvalue weighted by atomic mass is 32.2. The molecular formula is C17H23F9O4S2. The lowest BCUT2D eigenvalue weighted by atomic mass is 9.89. The van der Waals surface area contributed by atoms with E-state index < -0.39 is 33.4 Å². The topological polar surface area (TPSA) is 71.4 Å². The van der Waals surface area contributed by atoms with E-state index in [1.54, 1.807) is 0 Å². The number of Topliss-reactive ketones (excluding diaryl/α,β-unsaturated/α-hetero) is 1. The van der Waals surface area contributed by atoms with E-state index in [0.717, 1.165) is 23.8 Å². The van der Waals surface area contributed by atoms with E-state index >= 15 is 0 Å². The molecule has 32 heavy (non-hydrogen) atoms. The first kappa shape index (κ1) is 29.3. The zero-order valence-electron chi connectivity index (χ0n) is 16.6. The molecule has 0 heterocycles. The molecule has 1 N–H and O–H groups in total. The van der Waals surface area contributed by atoms with Crippen molar-refractivity contribution < 1.29 is 57.3 Å². The molecule has 0 bridgehead atoms. The number of rotatable bonds is 6. The molecule has 1 atom stereocenters. The zero-order chi connectivity index (χ0) is 25.0. The van der Waals surface area contributed by atoms with Crippen LogP contribution in [0.3, 0.4) is 0 Å². The van der Waals surface area contributed by atoms with Gasteiger partial charge in [-0.15, -0.1) is 0 Å². The molecule has 4 nitrogen and oxygen atoms in total. The maximum atomic E-state index is 12.2. The molecular weight excluding hydrogens is 503 g/mol. The molecule has 0 aliphatic heterocycles. The monoisotopic (exact) mass is 526 g/mol. The fourth-order valence-electron chi connectivity index (χ4n) is 3.24. The SMILES string of the molecule is O=C1CCCCC1CSC1CCCCC1.O=S(=O)(O)C(F)(F)C(F)(F)C(F)(F)C(F)(F)F. The van der Waals surface area contributed by atoms with Crippen LogP contribution in [-0.2, 0) is 14.9 Å². The highest BCUT2D eigenvalue weighted by Gasteiger charge is 2.85. The first-order valence-electron chi connectivity index (χ1n) is 9.67. The van der Waals surface area contributed by atoms with Crippen LogP contribution in [0, 0.1) is 5.92 Å². The summed E-state index contributed by atoms with van der Waals surface area (Å²) < 4.78 is 134. The Hall–Kier alpha value is -0.700. The Bertz CT molecular complexity index is 733. The smallest absolute Gasteiger partial charge is 0.299 e. The molecule has 0 aromatic rings. The Balaban J connectivity index is 0.000000321. The van der Waals surface area contributed by atoms with Gasteiger partial charge in [0.15, 0.2) is 0 Å². The molecule has 190 valence electrons. The van der Waals surface area contributed by atoms with Gasteiger partial charge in [-0.25, -0.2) is 0 Å². The first-order chi connectivity index (χ1) is 14.4. The Morgan fingerprint density at radius 3 is 1.75 bits per heavy atom. The maximum absolute atomic E-state index is 12.2. The molecule has 2 saturated carbocycles. The Morgan fingerprint density at radius 1 is 0.812 bits per heavy atom. The van der Waals surface area contributed by atoms with Crippen molar-refractivity contribution in [2.24, 2.45) is 5.92 Å². The summed E-state index contributed by atoms with van der Waals surface area (Å²) in [4.78, 5) is 11.7. The van der Waals surface area contributed by atoms with Crippen LogP contribution in [0.15, 0.2) is 0 Å². The second kappa shape index (κ2) is 10.7. The molecule has 15 heteroatoms. The number of halogens is 9.